The van der Waals surface area contributed by atoms with Crippen LogP contribution in [0.2, 0.25) is 5.02 Å². The summed E-state index contributed by atoms with van der Waals surface area (Å²) in [6, 6.07) is 12.7. The highest BCUT2D eigenvalue weighted by atomic mass is 35.5. The molecule has 1 N–H and O–H groups in total. The van der Waals surface area contributed by atoms with Crippen LogP contribution in [-0.4, -0.2) is 41.3 Å². The Morgan fingerprint density at radius 3 is 2.50 bits per heavy atom. The van der Waals surface area contributed by atoms with Crippen LogP contribution in [0.15, 0.2) is 48.7 Å². The number of amides is 2. The van der Waals surface area contributed by atoms with Crippen molar-refractivity contribution in [1.29, 1.82) is 0 Å². The average molecular weight is 372 g/mol. The van der Waals surface area contributed by atoms with Crippen LogP contribution in [0.3, 0.4) is 0 Å². The summed E-state index contributed by atoms with van der Waals surface area (Å²) in [5.41, 5.74) is 1.60. The normalized spacial score (nSPS) is 14.9. The van der Waals surface area contributed by atoms with Crippen LogP contribution in [0.4, 0.5) is 0 Å². The molecular weight excluding hydrogens is 350 g/mol. The number of likely N-dealkylation sites (tertiary alicyclic amines) is 1. The summed E-state index contributed by atoms with van der Waals surface area (Å²) in [4.78, 5) is 30.9. The number of hydrogen-bond donors (Lipinski definition) is 1. The van der Waals surface area contributed by atoms with E-state index in [1.807, 2.05) is 18.2 Å². The molecule has 1 aromatic carbocycles. The topological polar surface area (TPSA) is 62.3 Å². The molecule has 2 heterocycles. The van der Waals surface area contributed by atoms with Crippen molar-refractivity contribution in [3.05, 3.63) is 64.9 Å². The van der Waals surface area contributed by atoms with Gasteiger partial charge in [0.2, 0.25) is 5.91 Å². The van der Waals surface area contributed by atoms with Crippen molar-refractivity contribution in [2.45, 2.75) is 19.3 Å². The van der Waals surface area contributed by atoms with E-state index in [1.54, 1.807) is 35.4 Å². The van der Waals surface area contributed by atoms with Gasteiger partial charge in [0, 0.05) is 54.4 Å². The molecule has 136 valence electrons. The largest absolute Gasteiger partial charge is 0.355 e. The van der Waals surface area contributed by atoms with E-state index >= 15 is 0 Å². The summed E-state index contributed by atoms with van der Waals surface area (Å²) < 4.78 is 0. The van der Waals surface area contributed by atoms with Gasteiger partial charge in [0.15, 0.2) is 0 Å². The first-order valence-electron chi connectivity index (χ1n) is 8.86. The number of aromatic nitrogens is 1. The zero-order valence-electron chi connectivity index (χ0n) is 14.5. The van der Waals surface area contributed by atoms with Gasteiger partial charge in [0.25, 0.3) is 5.91 Å². The number of carbonyl (C=O) groups excluding carboxylic acids is 2. The van der Waals surface area contributed by atoms with E-state index in [9.17, 15) is 9.59 Å². The highest BCUT2D eigenvalue weighted by Crippen LogP contribution is 2.20. The van der Waals surface area contributed by atoms with Crippen LogP contribution in [0.1, 0.15) is 28.9 Å². The third-order valence-electron chi connectivity index (χ3n) is 4.65. The number of pyridine rings is 1. The molecule has 0 atom stereocenters. The van der Waals surface area contributed by atoms with Crippen molar-refractivity contribution in [3.8, 4) is 0 Å². The Morgan fingerprint density at radius 2 is 1.85 bits per heavy atom. The van der Waals surface area contributed by atoms with Gasteiger partial charge in [0.1, 0.15) is 0 Å². The molecule has 0 spiro atoms. The molecule has 1 aliphatic heterocycles. The standard InChI is InChI=1S/C20H22ClN3O2/c21-17-6-4-16(5-7-17)20(26)24-13-9-15(10-14-24)19(25)23-12-8-18-3-1-2-11-22-18/h1-7,11,15H,8-10,12-14H2,(H,23,25). The second kappa shape index (κ2) is 8.81. The monoisotopic (exact) mass is 371 g/mol. The number of benzene rings is 1. The summed E-state index contributed by atoms with van der Waals surface area (Å²) >= 11 is 5.86. The molecule has 1 fully saturated rings. The van der Waals surface area contributed by atoms with Gasteiger partial charge in [-0.3, -0.25) is 14.6 Å². The molecule has 1 aliphatic rings. The van der Waals surface area contributed by atoms with Gasteiger partial charge < -0.3 is 10.2 Å². The summed E-state index contributed by atoms with van der Waals surface area (Å²) in [5.74, 6) is 0.0307. The maximum absolute atomic E-state index is 12.5. The zero-order valence-corrected chi connectivity index (χ0v) is 15.3. The summed E-state index contributed by atoms with van der Waals surface area (Å²) in [6.07, 6.45) is 3.86. The fourth-order valence-electron chi connectivity index (χ4n) is 3.12. The summed E-state index contributed by atoms with van der Waals surface area (Å²) in [6.45, 7) is 1.78. The van der Waals surface area contributed by atoms with Crippen LogP contribution in [0, 0.1) is 5.92 Å². The Morgan fingerprint density at radius 1 is 1.12 bits per heavy atom. The predicted octanol–water partition coefficient (Wildman–Crippen LogP) is 2.95. The van der Waals surface area contributed by atoms with E-state index < -0.39 is 0 Å². The molecule has 0 bridgehead atoms. The number of nitrogens with one attached hydrogen (secondary N) is 1. The van der Waals surface area contributed by atoms with Crippen LogP contribution in [0.5, 0.6) is 0 Å². The van der Waals surface area contributed by atoms with Gasteiger partial charge in [-0.1, -0.05) is 17.7 Å². The molecule has 2 aromatic rings. The maximum Gasteiger partial charge on any atom is 0.253 e. The number of nitrogens with zero attached hydrogens (tertiary/aromatic N) is 2. The molecule has 5 nitrogen and oxygen atoms in total. The highest BCUT2D eigenvalue weighted by molar-refractivity contribution is 6.30. The van der Waals surface area contributed by atoms with E-state index in [0.29, 0.717) is 43.1 Å². The molecule has 0 saturated carbocycles. The molecule has 0 unspecified atom stereocenters. The second-order valence-corrected chi connectivity index (χ2v) is 6.87. The van der Waals surface area contributed by atoms with E-state index in [-0.39, 0.29) is 17.7 Å². The van der Waals surface area contributed by atoms with E-state index in [0.717, 1.165) is 12.1 Å². The minimum atomic E-state index is -0.0343. The Hall–Kier alpha value is -2.40. The lowest BCUT2D eigenvalue weighted by atomic mass is 9.95. The SMILES string of the molecule is O=C(NCCc1ccccn1)C1CCN(C(=O)c2ccc(Cl)cc2)CC1. The molecule has 6 heteroatoms. The third kappa shape index (κ3) is 4.82. The first kappa shape index (κ1) is 18.4. The average Bonchev–Trinajstić information content (AvgIpc) is 2.69. The molecule has 0 radical (unpaired) electrons. The van der Waals surface area contributed by atoms with E-state index in [1.165, 1.54) is 0 Å². The lowest BCUT2D eigenvalue weighted by molar-refractivity contribution is -0.126. The minimum Gasteiger partial charge on any atom is -0.355 e. The van der Waals surface area contributed by atoms with Crippen LogP contribution >= 0.6 is 11.6 Å². The number of rotatable bonds is 5. The van der Waals surface area contributed by atoms with Crippen molar-refractivity contribution in [2.75, 3.05) is 19.6 Å². The molecule has 26 heavy (non-hydrogen) atoms. The zero-order chi connectivity index (χ0) is 18.4. The fourth-order valence-corrected chi connectivity index (χ4v) is 3.25. The number of carbonyl (C=O) groups is 2. The fraction of sp³-hybridized carbons (Fsp3) is 0.350. The summed E-state index contributed by atoms with van der Waals surface area (Å²) in [5, 5.41) is 3.60. The predicted molar refractivity (Wildman–Crippen MR) is 101 cm³/mol. The van der Waals surface area contributed by atoms with E-state index in [4.69, 9.17) is 11.6 Å². The van der Waals surface area contributed by atoms with Crippen molar-refractivity contribution in [1.82, 2.24) is 15.2 Å². The second-order valence-electron chi connectivity index (χ2n) is 6.44. The van der Waals surface area contributed by atoms with Crippen LogP contribution < -0.4 is 5.32 Å². The van der Waals surface area contributed by atoms with Crippen molar-refractivity contribution < 1.29 is 9.59 Å². The van der Waals surface area contributed by atoms with Crippen LogP contribution in [-0.2, 0) is 11.2 Å². The first-order chi connectivity index (χ1) is 12.6. The van der Waals surface area contributed by atoms with Crippen molar-refractivity contribution >= 4 is 23.4 Å². The first-order valence-corrected chi connectivity index (χ1v) is 9.24. The third-order valence-corrected chi connectivity index (χ3v) is 4.90. The van der Waals surface area contributed by atoms with Crippen molar-refractivity contribution in [2.24, 2.45) is 5.92 Å². The number of hydrogen-bond acceptors (Lipinski definition) is 3. The van der Waals surface area contributed by atoms with Gasteiger partial charge in [-0.2, -0.15) is 0 Å². The molecule has 1 aromatic heterocycles. The molecular formula is C20H22ClN3O2. The molecule has 1 saturated heterocycles. The maximum atomic E-state index is 12.5. The quantitative estimate of drug-likeness (QED) is 0.878. The Kier molecular flexibility index (Phi) is 6.23. The Balaban J connectivity index is 1.43. The lowest BCUT2D eigenvalue weighted by Gasteiger charge is -2.31. The Bertz CT molecular complexity index is 741. The van der Waals surface area contributed by atoms with Gasteiger partial charge in [-0.25, -0.2) is 0 Å². The number of piperidine rings is 1. The van der Waals surface area contributed by atoms with E-state index in [2.05, 4.69) is 10.3 Å². The van der Waals surface area contributed by atoms with Gasteiger partial charge >= 0.3 is 0 Å². The van der Waals surface area contributed by atoms with Gasteiger partial charge in [0.05, 0.1) is 0 Å². The van der Waals surface area contributed by atoms with Gasteiger partial charge in [-0.05, 0) is 49.2 Å². The molecule has 0 aliphatic carbocycles. The lowest BCUT2D eigenvalue weighted by Crippen LogP contribution is -2.43. The molecule has 3 rings (SSSR count). The van der Waals surface area contributed by atoms with Gasteiger partial charge in [-0.15, -0.1) is 0 Å². The molecule has 2 amide bonds. The smallest absolute Gasteiger partial charge is 0.253 e. The summed E-state index contributed by atoms with van der Waals surface area (Å²) in [7, 11) is 0. The van der Waals surface area contributed by atoms with Crippen LogP contribution in [0.25, 0.3) is 0 Å². The Labute approximate surface area is 158 Å². The number of halogens is 1. The highest BCUT2D eigenvalue weighted by Gasteiger charge is 2.27. The van der Waals surface area contributed by atoms with Crippen molar-refractivity contribution in [3.63, 3.8) is 0 Å². The minimum absolute atomic E-state index is 0.00400.